The fraction of sp³-hybridized carbons (Fsp3) is 0.533. The minimum Gasteiger partial charge on any atom is -0.395 e. The molecular weight excluding hydrogens is 338 g/mol. The molecule has 0 heterocycles. The summed E-state index contributed by atoms with van der Waals surface area (Å²) in [5.41, 5.74) is 0.725. The van der Waals surface area contributed by atoms with E-state index in [-0.39, 0.29) is 29.2 Å². The topological polar surface area (TPSA) is 49.3 Å². The van der Waals surface area contributed by atoms with Gasteiger partial charge in [0, 0.05) is 15.8 Å². The normalized spacial score (nSPS) is 19.2. The van der Waals surface area contributed by atoms with Crippen molar-refractivity contribution in [2.75, 3.05) is 12.9 Å². The number of benzene rings is 1. The van der Waals surface area contributed by atoms with Crippen molar-refractivity contribution in [1.29, 1.82) is 0 Å². The van der Waals surface area contributed by atoms with Crippen LogP contribution in [0.15, 0.2) is 28.7 Å². The molecule has 0 aromatic heterocycles. The number of hydrogen-bond acceptors (Lipinski definition) is 3. The van der Waals surface area contributed by atoms with Gasteiger partial charge in [-0.05, 0) is 43.7 Å². The lowest BCUT2D eigenvalue weighted by Gasteiger charge is -2.24. The van der Waals surface area contributed by atoms with Crippen molar-refractivity contribution in [3.63, 3.8) is 0 Å². The predicted octanol–water partition coefficient (Wildman–Crippen LogP) is 2.71. The van der Waals surface area contributed by atoms with Crippen LogP contribution in [0.2, 0.25) is 0 Å². The van der Waals surface area contributed by atoms with Gasteiger partial charge in [-0.15, -0.1) is 0 Å². The Hall–Kier alpha value is -0.520. The lowest BCUT2D eigenvalue weighted by Crippen LogP contribution is -2.45. The molecule has 20 heavy (non-hydrogen) atoms. The molecule has 0 spiro atoms. The van der Waals surface area contributed by atoms with Gasteiger partial charge in [0.15, 0.2) is 0 Å². The van der Waals surface area contributed by atoms with E-state index in [1.807, 2.05) is 37.4 Å². The molecule has 1 aromatic rings. The summed E-state index contributed by atoms with van der Waals surface area (Å²) in [6.07, 6.45) is 3.75. The number of thioether (sulfide) groups is 1. The van der Waals surface area contributed by atoms with Crippen molar-refractivity contribution < 1.29 is 9.90 Å². The molecule has 1 aliphatic rings. The zero-order chi connectivity index (χ0) is 14.8. The maximum absolute atomic E-state index is 12.5. The van der Waals surface area contributed by atoms with Crippen LogP contribution in [-0.4, -0.2) is 35.2 Å². The number of carbonyl (C=O) groups is 1. The zero-order valence-corrected chi connectivity index (χ0v) is 14.1. The van der Waals surface area contributed by atoms with Crippen LogP contribution in [-0.2, 0) is 10.2 Å². The van der Waals surface area contributed by atoms with Gasteiger partial charge in [0.1, 0.15) is 0 Å². The van der Waals surface area contributed by atoms with Crippen LogP contribution < -0.4 is 5.32 Å². The quantitative estimate of drug-likeness (QED) is 0.822. The summed E-state index contributed by atoms with van der Waals surface area (Å²) in [6, 6.07) is 7.95. The first-order valence-corrected chi connectivity index (χ1v) is 8.82. The van der Waals surface area contributed by atoms with Crippen molar-refractivity contribution in [2.24, 2.45) is 0 Å². The number of halogens is 1. The van der Waals surface area contributed by atoms with Crippen LogP contribution >= 0.6 is 27.7 Å². The highest BCUT2D eigenvalue weighted by atomic mass is 79.9. The van der Waals surface area contributed by atoms with E-state index in [4.69, 9.17) is 0 Å². The number of amides is 1. The van der Waals surface area contributed by atoms with Crippen LogP contribution in [0.5, 0.6) is 0 Å². The zero-order valence-electron chi connectivity index (χ0n) is 11.7. The van der Waals surface area contributed by atoms with Crippen LogP contribution in [0.4, 0.5) is 0 Å². The third kappa shape index (κ3) is 3.21. The molecule has 1 saturated carbocycles. The molecule has 0 aliphatic heterocycles. The third-order valence-electron chi connectivity index (χ3n) is 3.98. The number of nitrogens with one attached hydrogen (secondary N) is 1. The Morgan fingerprint density at radius 2 is 2.05 bits per heavy atom. The van der Waals surface area contributed by atoms with E-state index in [1.54, 1.807) is 11.8 Å². The Bertz CT molecular complexity index is 469. The molecular formula is C15H20BrNO2S. The predicted molar refractivity (Wildman–Crippen MR) is 87.0 cm³/mol. The van der Waals surface area contributed by atoms with E-state index < -0.39 is 0 Å². The molecule has 1 amide bonds. The van der Waals surface area contributed by atoms with Crippen molar-refractivity contribution in [1.82, 2.24) is 5.32 Å². The largest absolute Gasteiger partial charge is 0.395 e. The molecule has 0 bridgehead atoms. The van der Waals surface area contributed by atoms with E-state index in [9.17, 15) is 9.90 Å². The molecule has 3 nitrogen and oxygen atoms in total. The van der Waals surface area contributed by atoms with Crippen LogP contribution in [0.1, 0.15) is 25.3 Å². The molecule has 5 heteroatoms. The van der Waals surface area contributed by atoms with Crippen molar-refractivity contribution >= 4 is 33.6 Å². The Kier molecular flexibility index (Phi) is 5.15. The van der Waals surface area contributed by atoms with E-state index in [1.165, 1.54) is 0 Å². The van der Waals surface area contributed by atoms with Gasteiger partial charge in [0.05, 0.1) is 12.0 Å². The fourth-order valence-electron chi connectivity index (χ4n) is 2.42. The van der Waals surface area contributed by atoms with Crippen molar-refractivity contribution in [2.45, 2.75) is 36.5 Å². The lowest BCUT2D eigenvalue weighted by atomic mass is 9.94. The SMILES string of the molecule is CSC(CO)C(C)NC(=O)C1(c2ccc(Br)cc2)CC1. The number of hydrogen-bond donors (Lipinski definition) is 2. The molecule has 0 radical (unpaired) electrons. The molecule has 110 valence electrons. The molecule has 1 aliphatic carbocycles. The van der Waals surface area contributed by atoms with Gasteiger partial charge < -0.3 is 10.4 Å². The fourth-order valence-corrected chi connectivity index (χ4v) is 3.31. The maximum atomic E-state index is 12.5. The molecule has 1 aromatic carbocycles. The summed E-state index contributed by atoms with van der Waals surface area (Å²) in [5, 5.41) is 12.4. The average Bonchev–Trinajstić information content (AvgIpc) is 3.22. The summed E-state index contributed by atoms with van der Waals surface area (Å²) in [4.78, 5) is 12.5. The first kappa shape index (κ1) is 15.9. The Balaban J connectivity index is 2.07. The molecule has 2 unspecified atom stereocenters. The minimum atomic E-state index is -0.354. The van der Waals surface area contributed by atoms with Gasteiger partial charge in [0.2, 0.25) is 5.91 Å². The highest BCUT2D eigenvalue weighted by Gasteiger charge is 2.51. The second-order valence-corrected chi connectivity index (χ2v) is 7.30. The molecule has 1 fully saturated rings. The standard InChI is InChI=1S/C15H20BrNO2S/c1-10(13(9-18)20-2)17-14(19)15(7-8-15)11-3-5-12(16)6-4-11/h3-6,10,13,18H,7-9H2,1-2H3,(H,17,19). The highest BCUT2D eigenvalue weighted by molar-refractivity contribution is 9.10. The van der Waals surface area contributed by atoms with Gasteiger partial charge in [-0.2, -0.15) is 11.8 Å². The van der Waals surface area contributed by atoms with Crippen LogP contribution in [0.3, 0.4) is 0 Å². The minimum absolute atomic E-state index is 0.0320. The Morgan fingerprint density at radius 1 is 1.45 bits per heavy atom. The number of aliphatic hydroxyl groups excluding tert-OH is 1. The second kappa shape index (κ2) is 6.50. The van der Waals surface area contributed by atoms with Crippen LogP contribution in [0, 0.1) is 0 Å². The first-order valence-electron chi connectivity index (χ1n) is 6.74. The van der Waals surface area contributed by atoms with Crippen molar-refractivity contribution in [3.05, 3.63) is 34.3 Å². The summed E-state index contributed by atoms with van der Waals surface area (Å²) in [6.45, 7) is 2.03. The molecule has 2 rings (SSSR count). The Morgan fingerprint density at radius 3 is 2.50 bits per heavy atom. The molecule has 2 N–H and O–H groups in total. The third-order valence-corrected chi connectivity index (χ3v) is 5.67. The highest BCUT2D eigenvalue weighted by Crippen LogP contribution is 2.48. The summed E-state index contributed by atoms with van der Waals surface area (Å²) in [7, 11) is 0. The average molecular weight is 358 g/mol. The second-order valence-electron chi connectivity index (χ2n) is 5.31. The monoisotopic (exact) mass is 357 g/mol. The van der Waals surface area contributed by atoms with E-state index in [2.05, 4.69) is 21.2 Å². The van der Waals surface area contributed by atoms with E-state index in [0.29, 0.717) is 0 Å². The smallest absolute Gasteiger partial charge is 0.230 e. The van der Waals surface area contributed by atoms with E-state index in [0.717, 1.165) is 22.9 Å². The van der Waals surface area contributed by atoms with Crippen molar-refractivity contribution in [3.8, 4) is 0 Å². The first-order chi connectivity index (χ1) is 9.53. The number of rotatable bonds is 6. The lowest BCUT2D eigenvalue weighted by molar-refractivity contribution is -0.124. The van der Waals surface area contributed by atoms with E-state index >= 15 is 0 Å². The molecule has 0 saturated heterocycles. The van der Waals surface area contributed by atoms with Gasteiger partial charge in [-0.3, -0.25) is 4.79 Å². The molecule has 2 atom stereocenters. The van der Waals surface area contributed by atoms with Gasteiger partial charge in [-0.1, -0.05) is 28.1 Å². The number of carbonyl (C=O) groups excluding carboxylic acids is 1. The van der Waals surface area contributed by atoms with Crippen LogP contribution in [0.25, 0.3) is 0 Å². The van der Waals surface area contributed by atoms with Gasteiger partial charge in [-0.25, -0.2) is 0 Å². The maximum Gasteiger partial charge on any atom is 0.230 e. The Labute approximate surface area is 132 Å². The van der Waals surface area contributed by atoms with Gasteiger partial charge in [0.25, 0.3) is 0 Å². The summed E-state index contributed by atoms with van der Waals surface area (Å²) in [5.74, 6) is 0.0832. The van der Waals surface area contributed by atoms with Gasteiger partial charge >= 0.3 is 0 Å². The summed E-state index contributed by atoms with van der Waals surface area (Å²) >= 11 is 4.99. The number of aliphatic hydroxyl groups is 1. The summed E-state index contributed by atoms with van der Waals surface area (Å²) < 4.78 is 1.02.